The molecular weight excluding hydrogens is 210 g/mol. The van der Waals surface area contributed by atoms with E-state index >= 15 is 0 Å². The van der Waals surface area contributed by atoms with Gasteiger partial charge in [-0.15, -0.1) is 0 Å². The maximum atomic E-state index is 5.48. The highest BCUT2D eigenvalue weighted by atomic mass is 16.3. The second-order valence-electron chi connectivity index (χ2n) is 5.32. The van der Waals surface area contributed by atoms with Crippen LogP contribution in [0.2, 0.25) is 0 Å². The molecule has 1 unspecified atom stereocenters. The molecule has 2 heteroatoms. The summed E-state index contributed by atoms with van der Waals surface area (Å²) in [6.07, 6.45) is 10.1. The summed E-state index contributed by atoms with van der Waals surface area (Å²) < 4.78 is 5.48. The summed E-state index contributed by atoms with van der Waals surface area (Å²) in [5, 5.41) is 3.71. The van der Waals surface area contributed by atoms with Crippen LogP contribution in [0.5, 0.6) is 0 Å². The van der Waals surface area contributed by atoms with Gasteiger partial charge in [-0.2, -0.15) is 0 Å². The predicted molar refractivity (Wildman–Crippen MR) is 71.1 cm³/mol. The van der Waals surface area contributed by atoms with E-state index in [0.717, 1.165) is 18.2 Å². The topological polar surface area (TPSA) is 25.2 Å². The van der Waals surface area contributed by atoms with Crippen molar-refractivity contribution in [2.45, 2.75) is 58.4 Å². The summed E-state index contributed by atoms with van der Waals surface area (Å²) in [7, 11) is 0. The molecule has 0 saturated heterocycles. The maximum absolute atomic E-state index is 5.48. The molecule has 1 aromatic rings. The Bertz CT molecular complexity index is 325. The molecule has 17 heavy (non-hydrogen) atoms. The van der Waals surface area contributed by atoms with Crippen molar-refractivity contribution in [1.82, 2.24) is 5.32 Å². The zero-order valence-electron chi connectivity index (χ0n) is 11.2. The number of furan rings is 1. The summed E-state index contributed by atoms with van der Waals surface area (Å²) in [6.45, 7) is 5.36. The quantitative estimate of drug-likeness (QED) is 0.827. The van der Waals surface area contributed by atoms with Gasteiger partial charge in [0.25, 0.3) is 0 Å². The molecular formula is C15H25NO. The zero-order chi connectivity index (χ0) is 12.1. The van der Waals surface area contributed by atoms with E-state index < -0.39 is 0 Å². The SMILES string of the molecule is CCCNC(c1coc(C)c1)C1CCCCC1. The highest BCUT2D eigenvalue weighted by Crippen LogP contribution is 2.35. The van der Waals surface area contributed by atoms with Gasteiger partial charge in [-0.05, 0) is 44.7 Å². The van der Waals surface area contributed by atoms with Gasteiger partial charge in [0.2, 0.25) is 0 Å². The predicted octanol–water partition coefficient (Wildman–Crippen LogP) is 4.21. The average Bonchev–Trinajstić information content (AvgIpc) is 2.78. The minimum atomic E-state index is 0.507. The van der Waals surface area contributed by atoms with Crippen molar-refractivity contribution < 1.29 is 4.42 Å². The van der Waals surface area contributed by atoms with Crippen molar-refractivity contribution in [3.63, 3.8) is 0 Å². The van der Waals surface area contributed by atoms with Gasteiger partial charge in [0.1, 0.15) is 5.76 Å². The maximum Gasteiger partial charge on any atom is 0.101 e. The highest BCUT2D eigenvalue weighted by Gasteiger charge is 2.25. The monoisotopic (exact) mass is 235 g/mol. The van der Waals surface area contributed by atoms with Crippen molar-refractivity contribution in [2.75, 3.05) is 6.54 Å². The first-order valence-corrected chi connectivity index (χ1v) is 7.09. The normalized spacial score (nSPS) is 19.4. The number of nitrogens with one attached hydrogen (secondary N) is 1. The van der Waals surface area contributed by atoms with Crippen LogP contribution in [0.3, 0.4) is 0 Å². The molecule has 1 aromatic heterocycles. The first-order chi connectivity index (χ1) is 8.31. The van der Waals surface area contributed by atoms with Crippen LogP contribution in [0.1, 0.15) is 62.8 Å². The molecule has 0 spiro atoms. The van der Waals surface area contributed by atoms with E-state index in [4.69, 9.17) is 4.42 Å². The van der Waals surface area contributed by atoms with Crippen LogP contribution in [0.15, 0.2) is 16.7 Å². The van der Waals surface area contributed by atoms with Crippen molar-refractivity contribution in [2.24, 2.45) is 5.92 Å². The van der Waals surface area contributed by atoms with Gasteiger partial charge in [-0.1, -0.05) is 26.2 Å². The van der Waals surface area contributed by atoms with E-state index in [1.807, 2.05) is 13.2 Å². The van der Waals surface area contributed by atoms with E-state index in [9.17, 15) is 0 Å². The first-order valence-electron chi connectivity index (χ1n) is 7.09. The number of hydrogen-bond acceptors (Lipinski definition) is 2. The summed E-state index contributed by atoms with van der Waals surface area (Å²) in [5.41, 5.74) is 1.35. The van der Waals surface area contributed by atoms with Gasteiger partial charge in [-0.25, -0.2) is 0 Å². The molecule has 1 N–H and O–H groups in total. The molecule has 0 aliphatic heterocycles. The molecule has 0 aromatic carbocycles. The number of rotatable bonds is 5. The molecule has 1 aliphatic carbocycles. The third-order valence-corrected chi connectivity index (χ3v) is 3.85. The van der Waals surface area contributed by atoms with E-state index in [2.05, 4.69) is 18.3 Å². The summed E-state index contributed by atoms with van der Waals surface area (Å²) in [6, 6.07) is 2.70. The van der Waals surface area contributed by atoms with Crippen molar-refractivity contribution in [1.29, 1.82) is 0 Å². The van der Waals surface area contributed by atoms with Crippen molar-refractivity contribution in [3.8, 4) is 0 Å². The Morgan fingerprint density at radius 2 is 2.12 bits per heavy atom. The highest BCUT2D eigenvalue weighted by molar-refractivity contribution is 5.17. The molecule has 0 amide bonds. The lowest BCUT2D eigenvalue weighted by Gasteiger charge is -2.30. The van der Waals surface area contributed by atoms with Gasteiger partial charge in [-0.3, -0.25) is 0 Å². The molecule has 1 aliphatic rings. The average molecular weight is 235 g/mol. The van der Waals surface area contributed by atoms with E-state index in [-0.39, 0.29) is 0 Å². The molecule has 2 nitrogen and oxygen atoms in total. The Kier molecular flexibility index (Phi) is 4.66. The molecule has 0 radical (unpaired) electrons. The van der Waals surface area contributed by atoms with E-state index in [0.29, 0.717) is 6.04 Å². The van der Waals surface area contributed by atoms with Crippen LogP contribution in [-0.4, -0.2) is 6.54 Å². The minimum Gasteiger partial charge on any atom is -0.469 e. The largest absolute Gasteiger partial charge is 0.469 e. The minimum absolute atomic E-state index is 0.507. The van der Waals surface area contributed by atoms with Gasteiger partial charge in [0.05, 0.1) is 6.26 Å². The lowest BCUT2D eigenvalue weighted by atomic mass is 9.81. The Balaban J connectivity index is 2.06. The van der Waals surface area contributed by atoms with Crippen LogP contribution >= 0.6 is 0 Å². The third-order valence-electron chi connectivity index (χ3n) is 3.85. The number of hydrogen-bond donors (Lipinski definition) is 1. The van der Waals surface area contributed by atoms with Crippen molar-refractivity contribution in [3.05, 3.63) is 23.7 Å². The lowest BCUT2D eigenvalue weighted by molar-refractivity contribution is 0.271. The van der Waals surface area contributed by atoms with Crippen LogP contribution < -0.4 is 5.32 Å². The second kappa shape index (κ2) is 6.25. The molecule has 96 valence electrons. The second-order valence-corrected chi connectivity index (χ2v) is 5.32. The van der Waals surface area contributed by atoms with E-state index in [1.165, 1.54) is 44.1 Å². The lowest BCUT2D eigenvalue weighted by Crippen LogP contribution is -2.30. The fraction of sp³-hybridized carbons (Fsp3) is 0.733. The van der Waals surface area contributed by atoms with Crippen molar-refractivity contribution >= 4 is 0 Å². The van der Waals surface area contributed by atoms with Gasteiger partial charge in [0.15, 0.2) is 0 Å². The summed E-state index contributed by atoms with van der Waals surface area (Å²) in [5.74, 6) is 1.83. The molecule has 2 rings (SSSR count). The molecule has 1 heterocycles. The van der Waals surface area contributed by atoms with Crippen LogP contribution in [-0.2, 0) is 0 Å². The van der Waals surface area contributed by atoms with E-state index in [1.54, 1.807) is 0 Å². The molecule has 0 bridgehead atoms. The fourth-order valence-corrected chi connectivity index (χ4v) is 2.95. The molecule has 1 atom stereocenters. The van der Waals surface area contributed by atoms with Gasteiger partial charge >= 0.3 is 0 Å². The fourth-order valence-electron chi connectivity index (χ4n) is 2.95. The Morgan fingerprint density at radius 1 is 1.35 bits per heavy atom. The first kappa shape index (κ1) is 12.7. The molecule has 1 fully saturated rings. The number of aryl methyl sites for hydroxylation is 1. The Morgan fingerprint density at radius 3 is 2.71 bits per heavy atom. The summed E-state index contributed by atoms with van der Waals surface area (Å²) in [4.78, 5) is 0. The zero-order valence-corrected chi connectivity index (χ0v) is 11.2. The standard InChI is InChI=1S/C15H25NO/c1-3-9-16-15(13-7-5-4-6-8-13)14-10-12(2)17-11-14/h10-11,13,15-16H,3-9H2,1-2H3. The molecule has 1 saturated carbocycles. The Labute approximate surface area is 105 Å². The van der Waals surface area contributed by atoms with Crippen LogP contribution in [0, 0.1) is 12.8 Å². The smallest absolute Gasteiger partial charge is 0.101 e. The third kappa shape index (κ3) is 3.35. The van der Waals surface area contributed by atoms with Crippen LogP contribution in [0.4, 0.5) is 0 Å². The Hall–Kier alpha value is -0.760. The summed E-state index contributed by atoms with van der Waals surface area (Å²) >= 11 is 0. The van der Waals surface area contributed by atoms with Gasteiger partial charge < -0.3 is 9.73 Å². The van der Waals surface area contributed by atoms with Crippen LogP contribution in [0.25, 0.3) is 0 Å². The van der Waals surface area contributed by atoms with Gasteiger partial charge in [0, 0.05) is 11.6 Å².